The second kappa shape index (κ2) is 7.10. The number of rotatable bonds is 8. The van der Waals surface area contributed by atoms with Gasteiger partial charge in [0.25, 0.3) is 0 Å². The Morgan fingerprint density at radius 2 is 1.67 bits per heavy atom. The van der Waals surface area contributed by atoms with Crippen molar-refractivity contribution in [1.82, 2.24) is 4.90 Å². The van der Waals surface area contributed by atoms with Crippen LogP contribution >= 0.6 is 11.8 Å². The third-order valence-corrected chi connectivity index (χ3v) is 7.79. The Bertz CT molecular complexity index is 610. The molecular formula is C11H19NO6S3. The van der Waals surface area contributed by atoms with Crippen LogP contribution in [0.2, 0.25) is 0 Å². The summed E-state index contributed by atoms with van der Waals surface area (Å²) in [7, 11) is -6.97. The van der Waals surface area contributed by atoms with E-state index in [9.17, 15) is 26.4 Å². The standard InChI is InChI=1S/C11H19NO6S3/c1-3-20(15,16)6-7-21(17,18)5-4-12-10(13)8-9(19-2)11(12)14/h9H,3-8H2,1-2H3. The molecule has 0 spiro atoms. The monoisotopic (exact) mass is 357 g/mol. The van der Waals surface area contributed by atoms with Gasteiger partial charge in [-0.2, -0.15) is 11.8 Å². The van der Waals surface area contributed by atoms with Crippen LogP contribution in [0.4, 0.5) is 0 Å². The zero-order valence-electron chi connectivity index (χ0n) is 11.9. The summed E-state index contributed by atoms with van der Waals surface area (Å²) in [5.41, 5.74) is 0. The highest BCUT2D eigenvalue weighted by atomic mass is 32.2. The number of imide groups is 1. The topological polar surface area (TPSA) is 106 Å². The van der Waals surface area contributed by atoms with Crippen LogP contribution in [0, 0.1) is 0 Å². The summed E-state index contributed by atoms with van der Waals surface area (Å²) < 4.78 is 46.2. The molecule has 21 heavy (non-hydrogen) atoms. The summed E-state index contributed by atoms with van der Waals surface area (Å²) in [5.74, 6) is -2.17. The van der Waals surface area contributed by atoms with Gasteiger partial charge >= 0.3 is 0 Å². The Hall–Kier alpha value is -0.610. The SMILES string of the molecule is CCS(=O)(=O)CCS(=O)(=O)CCN1C(=O)CC(SC)C1=O. The largest absolute Gasteiger partial charge is 0.281 e. The van der Waals surface area contributed by atoms with Crippen LogP contribution in [0.5, 0.6) is 0 Å². The number of thioether (sulfide) groups is 1. The van der Waals surface area contributed by atoms with E-state index in [1.54, 1.807) is 6.26 Å². The first-order chi connectivity index (χ1) is 9.62. The number of amides is 2. The second-order valence-electron chi connectivity index (χ2n) is 4.70. The number of hydrogen-bond donors (Lipinski definition) is 0. The lowest BCUT2D eigenvalue weighted by Gasteiger charge is -2.14. The van der Waals surface area contributed by atoms with E-state index in [2.05, 4.69) is 0 Å². The summed E-state index contributed by atoms with van der Waals surface area (Å²) in [6.45, 7) is 1.25. The quantitative estimate of drug-likeness (QED) is 0.530. The zero-order valence-corrected chi connectivity index (χ0v) is 14.4. The fourth-order valence-electron chi connectivity index (χ4n) is 1.80. The van der Waals surface area contributed by atoms with Crippen LogP contribution in [-0.2, 0) is 29.3 Å². The average molecular weight is 357 g/mol. The van der Waals surface area contributed by atoms with E-state index in [0.717, 1.165) is 4.90 Å². The van der Waals surface area contributed by atoms with Gasteiger partial charge in [-0.3, -0.25) is 14.5 Å². The van der Waals surface area contributed by atoms with Gasteiger partial charge in [0.2, 0.25) is 11.8 Å². The normalized spacial score (nSPS) is 20.3. The maximum absolute atomic E-state index is 11.8. The summed E-state index contributed by atoms with van der Waals surface area (Å²) >= 11 is 1.26. The Kier molecular flexibility index (Phi) is 6.23. The van der Waals surface area contributed by atoms with Crippen molar-refractivity contribution >= 4 is 43.3 Å². The number of hydrogen-bond acceptors (Lipinski definition) is 7. The molecule has 1 heterocycles. The van der Waals surface area contributed by atoms with E-state index in [1.807, 2.05) is 0 Å². The Balaban J connectivity index is 2.58. The van der Waals surface area contributed by atoms with E-state index in [1.165, 1.54) is 18.7 Å². The van der Waals surface area contributed by atoms with Gasteiger partial charge in [0.1, 0.15) is 0 Å². The van der Waals surface area contributed by atoms with Crippen molar-refractivity contribution in [3.8, 4) is 0 Å². The summed E-state index contributed by atoms with van der Waals surface area (Å²) in [6.07, 6.45) is 1.80. The van der Waals surface area contributed by atoms with Crippen molar-refractivity contribution in [2.75, 3.05) is 35.8 Å². The van der Waals surface area contributed by atoms with Gasteiger partial charge in [0.05, 0.1) is 22.5 Å². The van der Waals surface area contributed by atoms with Crippen molar-refractivity contribution in [2.45, 2.75) is 18.6 Å². The number of likely N-dealkylation sites (tertiary alicyclic amines) is 1. The number of sulfone groups is 2. The highest BCUT2D eigenvalue weighted by molar-refractivity contribution is 8.00. The molecule has 0 N–H and O–H groups in total. The van der Waals surface area contributed by atoms with Crippen molar-refractivity contribution in [2.24, 2.45) is 0 Å². The molecule has 1 atom stereocenters. The maximum Gasteiger partial charge on any atom is 0.242 e. The smallest absolute Gasteiger partial charge is 0.242 e. The molecule has 10 heteroatoms. The molecule has 1 rings (SSSR count). The molecule has 1 fully saturated rings. The van der Waals surface area contributed by atoms with E-state index in [4.69, 9.17) is 0 Å². The molecule has 0 aromatic heterocycles. The maximum atomic E-state index is 11.8. The molecule has 0 saturated carbocycles. The second-order valence-corrected chi connectivity index (χ2v) is 10.5. The molecular weight excluding hydrogens is 338 g/mol. The molecule has 2 amide bonds. The number of carbonyl (C=O) groups is 2. The Labute approximate surface area is 129 Å². The molecule has 7 nitrogen and oxygen atoms in total. The highest BCUT2D eigenvalue weighted by Crippen LogP contribution is 2.22. The minimum Gasteiger partial charge on any atom is -0.281 e. The van der Waals surface area contributed by atoms with Crippen LogP contribution in [0.15, 0.2) is 0 Å². The van der Waals surface area contributed by atoms with Crippen LogP contribution < -0.4 is 0 Å². The third-order valence-electron chi connectivity index (χ3n) is 3.26. The zero-order chi connectivity index (χ0) is 16.3. The van der Waals surface area contributed by atoms with Crippen LogP contribution in [-0.4, -0.2) is 74.6 Å². The minimum atomic E-state index is -3.62. The van der Waals surface area contributed by atoms with E-state index < -0.39 is 42.2 Å². The van der Waals surface area contributed by atoms with Gasteiger partial charge in [-0.1, -0.05) is 6.92 Å². The number of nitrogens with zero attached hydrogens (tertiary/aromatic N) is 1. The summed E-state index contributed by atoms with van der Waals surface area (Å²) in [6, 6.07) is 0. The molecule has 122 valence electrons. The predicted molar refractivity (Wildman–Crippen MR) is 81.6 cm³/mol. The Morgan fingerprint density at radius 3 is 2.14 bits per heavy atom. The molecule has 0 aromatic rings. The summed E-state index contributed by atoms with van der Waals surface area (Å²) in [5, 5.41) is -0.444. The first-order valence-electron chi connectivity index (χ1n) is 6.39. The molecule has 1 saturated heterocycles. The van der Waals surface area contributed by atoms with Gasteiger partial charge in [0.15, 0.2) is 19.7 Å². The van der Waals surface area contributed by atoms with Crippen LogP contribution in [0.3, 0.4) is 0 Å². The first-order valence-corrected chi connectivity index (χ1v) is 11.3. The van der Waals surface area contributed by atoms with Gasteiger partial charge < -0.3 is 0 Å². The third kappa shape index (κ3) is 5.26. The first kappa shape index (κ1) is 18.4. The molecule has 1 aliphatic heterocycles. The van der Waals surface area contributed by atoms with E-state index in [-0.39, 0.29) is 30.5 Å². The van der Waals surface area contributed by atoms with E-state index in [0.29, 0.717) is 0 Å². The molecule has 0 aliphatic carbocycles. The minimum absolute atomic E-state index is 0.0876. The van der Waals surface area contributed by atoms with Crippen molar-refractivity contribution in [3.63, 3.8) is 0 Å². The van der Waals surface area contributed by atoms with Gasteiger partial charge in [0, 0.05) is 18.7 Å². The lowest BCUT2D eigenvalue weighted by atomic mass is 10.4. The van der Waals surface area contributed by atoms with Crippen molar-refractivity contribution in [1.29, 1.82) is 0 Å². The lowest BCUT2D eigenvalue weighted by molar-refractivity contribution is -0.137. The average Bonchev–Trinajstić information content (AvgIpc) is 2.69. The van der Waals surface area contributed by atoms with Gasteiger partial charge in [-0.05, 0) is 6.26 Å². The molecule has 0 bridgehead atoms. The fraction of sp³-hybridized carbons (Fsp3) is 0.818. The summed E-state index contributed by atoms with van der Waals surface area (Å²) in [4.78, 5) is 24.4. The fourth-order valence-corrected chi connectivity index (χ4v) is 5.43. The number of carbonyl (C=O) groups excluding carboxylic acids is 2. The molecule has 1 aliphatic rings. The predicted octanol–water partition coefficient (Wildman–Crippen LogP) is -0.674. The van der Waals surface area contributed by atoms with Crippen LogP contribution in [0.1, 0.15) is 13.3 Å². The highest BCUT2D eigenvalue weighted by Gasteiger charge is 2.38. The van der Waals surface area contributed by atoms with Crippen LogP contribution in [0.25, 0.3) is 0 Å². The Morgan fingerprint density at radius 1 is 1.10 bits per heavy atom. The van der Waals surface area contributed by atoms with E-state index >= 15 is 0 Å². The lowest BCUT2D eigenvalue weighted by Crippen LogP contribution is -2.36. The molecule has 0 radical (unpaired) electrons. The van der Waals surface area contributed by atoms with Gasteiger partial charge in [-0.25, -0.2) is 16.8 Å². The molecule has 1 unspecified atom stereocenters. The molecule has 0 aromatic carbocycles. The van der Waals surface area contributed by atoms with Crippen molar-refractivity contribution in [3.05, 3.63) is 0 Å². The van der Waals surface area contributed by atoms with Gasteiger partial charge in [-0.15, -0.1) is 0 Å². The van der Waals surface area contributed by atoms with Crippen molar-refractivity contribution < 1.29 is 26.4 Å².